The molecule has 0 spiro atoms. The van der Waals surface area contributed by atoms with Crippen LogP contribution in [0.15, 0.2) is 12.1 Å². The van der Waals surface area contributed by atoms with E-state index in [9.17, 15) is 5.11 Å². The maximum absolute atomic E-state index is 9.39. The molecule has 1 unspecified atom stereocenters. The number of phenolic OH excluding ortho intramolecular Hbond substituents is 1. The Bertz CT molecular complexity index is 380. The number of rotatable bonds is 2. The van der Waals surface area contributed by atoms with Crippen molar-refractivity contribution < 1.29 is 9.84 Å². The molecule has 0 aliphatic carbocycles. The number of hydrogen-bond acceptors (Lipinski definition) is 4. The van der Waals surface area contributed by atoms with E-state index in [1.165, 1.54) is 13.2 Å². The van der Waals surface area contributed by atoms with Crippen LogP contribution in [0.1, 0.15) is 24.1 Å². The lowest BCUT2D eigenvalue weighted by atomic mass is 10.0. The molecule has 0 aliphatic rings. The van der Waals surface area contributed by atoms with E-state index < -0.39 is 0 Å². The Labute approximate surface area is 82.5 Å². The molecule has 1 rings (SSSR count). The van der Waals surface area contributed by atoms with Crippen molar-refractivity contribution in [2.24, 2.45) is 5.73 Å². The highest BCUT2D eigenvalue weighted by molar-refractivity contribution is 5.52. The van der Waals surface area contributed by atoms with Crippen LogP contribution in [0.5, 0.6) is 11.5 Å². The van der Waals surface area contributed by atoms with Gasteiger partial charge in [-0.25, -0.2) is 0 Å². The van der Waals surface area contributed by atoms with Crippen LogP contribution in [-0.2, 0) is 0 Å². The normalized spacial score (nSPS) is 11.9. The van der Waals surface area contributed by atoms with Gasteiger partial charge in [0.1, 0.15) is 17.6 Å². The zero-order valence-corrected chi connectivity index (χ0v) is 8.11. The third-order valence-electron chi connectivity index (χ3n) is 1.96. The monoisotopic (exact) mass is 192 g/mol. The van der Waals surface area contributed by atoms with Gasteiger partial charge < -0.3 is 15.6 Å². The molecule has 0 bridgehead atoms. The Morgan fingerprint density at radius 3 is 2.64 bits per heavy atom. The fourth-order valence-corrected chi connectivity index (χ4v) is 1.21. The van der Waals surface area contributed by atoms with E-state index in [0.717, 1.165) is 0 Å². The van der Waals surface area contributed by atoms with Crippen molar-refractivity contribution in [3.63, 3.8) is 0 Å². The minimum atomic E-state index is -0.238. The van der Waals surface area contributed by atoms with E-state index in [2.05, 4.69) is 0 Å². The van der Waals surface area contributed by atoms with Crippen molar-refractivity contribution in [3.05, 3.63) is 23.3 Å². The molecule has 0 aromatic heterocycles. The molecule has 0 saturated carbocycles. The minimum absolute atomic E-state index is 0.0891. The molecule has 0 radical (unpaired) electrons. The highest BCUT2D eigenvalue weighted by Gasteiger charge is 2.12. The molecule has 0 fully saturated rings. The van der Waals surface area contributed by atoms with Gasteiger partial charge in [0.25, 0.3) is 0 Å². The van der Waals surface area contributed by atoms with E-state index in [-0.39, 0.29) is 17.4 Å². The Hall–Kier alpha value is -1.73. The van der Waals surface area contributed by atoms with E-state index in [0.29, 0.717) is 11.3 Å². The molecule has 1 aromatic carbocycles. The fourth-order valence-electron chi connectivity index (χ4n) is 1.21. The number of methoxy groups -OCH3 is 1. The molecule has 1 aromatic rings. The third kappa shape index (κ3) is 1.78. The molecule has 0 heterocycles. The van der Waals surface area contributed by atoms with Crippen molar-refractivity contribution in [1.29, 1.82) is 5.26 Å². The number of phenols is 1. The van der Waals surface area contributed by atoms with Crippen LogP contribution < -0.4 is 10.5 Å². The fraction of sp³-hybridized carbons (Fsp3) is 0.300. The van der Waals surface area contributed by atoms with Gasteiger partial charge in [-0.3, -0.25) is 0 Å². The summed E-state index contributed by atoms with van der Waals surface area (Å²) in [7, 11) is 1.49. The zero-order valence-electron chi connectivity index (χ0n) is 8.11. The van der Waals surface area contributed by atoms with Crippen LogP contribution in [0.2, 0.25) is 0 Å². The van der Waals surface area contributed by atoms with Gasteiger partial charge in [-0.2, -0.15) is 5.26 Å². The first-order chi connectivity index (χ1) is 6.60. The van der Waals surface area contributed by atoms with Crippen LogP contribution in [-0.4, -0.2) is 12.2 Å². The molecule has 0 amide bonds. The number of hydrogen-bond donors (Lipinski definition) is 2. The summed E-state index contributed by atoms with van der Waals surface area (Å²) in [5.41, 5.74) is 6.61. The Balaban J connectivity index is 3.34. The van der Waals surface area contributed by atoms with E-state index >= 15 is 0 Å². The summed E-state index contributed by atoms with van der Waals surface area (Å²) in [6.45, 7) is 1.79. The number of nitrogens with two attached hydrogens (primary N) is 1. The Morgan fingerprint density at radius 2 is 2.21 bits per heavy atom. The molecule has 3 N–H and O–H groups in total. The van der Waals surface area contributed by atoms with Crippen LogP contribution in [0.25, 0.3) is 0 Å². The van der Waals surface area contributed by atoms with Crippen molar-refractivity contribution >= 4 is 0 Å². The van der Waals surface area contributed by atoms with Crippen LogP contribution in [0, 0.1) is 11.3 Å². The minimum Gasteiger partial charge on any atom is -0.506 e. The quantitative estimate of drug-likeness (QED) is 0.740. The number of aromatic hydroxyl groups is 1. The zero-order chi connectivity index (χ0) is 10.7. The molecule has 1 atom stereocenters. The summed E-state index contributed by atoms with van der Waals surface area (Å²) in [5.74, 6) is 0.408. The average Bonchev–Trinajstić information content (AvgIpc) is 2.16. The van der Waals surface area contributed by atoms with Gasteiger partial charge in [0, 0.05) is 17.7 Å². The Kier molecular flexibility index (Phi) is 2.95. The molecule has 4 heteroatoms. The van der Waals surface area contributed by atoms with Gasteiger partial charge in [-0.05, 0) is 13.0 Å². The lowest BCUT2D eigenvalue weighted by Crippen LogP contribution is -2.07. The first kappa shape index (κ1) is 10.4. The predicted octanol–water partition coefficient (Wildman–Crippen LogP) is 1.29. The van der Waals surface area contributed by atoms with Crippen molar-refractivity contribution in [3.8, 4) is 17.6 Å². The van der Waals surface area contributed by atoms with Gasteiger partial charge >= 0.3 is 0 Å². The summed E-state index contributed by atoms with van der Waals surface area (Å²) in [4.78, 5) is 0. The number of ether oxygens (including phenoxy) is 1. The third-order valence-corrected chi connectivity index (χ3v) is 1.96. The summed E-state index contributed by atoms with van der Waals surface area (Å²) < 4.78 is 5.04. The Morgan fingerprint density at radius 1 is 1.57 bits per heavy atom. The summed E-state index contributed by atoms with van der Waals surface area (Å²) in [6.07, 6.45) is 0. The van der Waals surface area contributed by atoms with Gasteiger partial charge in [-0.15, -0.1) is 0 Å². The molecular formula is C10H12N2O2. The smallest absolute Gasteiger partial charge is 0.137 e. The molecule has 0 saturated heterocycles. The highest BCUT2D eigenvalue weighted by atomic mass is 16.5. The predicted molar refractivity (Wildman–Crippen MR) is 52.0 cm³/mol. The largest absolute Gasteiger partial charge is 0.506 e. The molecular weight excluding hydrogens is 180 g/mol. The SMILES string of the molecule is COc1cc(O)c(C#N)cc1C(C)N. The lowest BCUT2D eigenvalue weighted by molar-refractivity contribution is 0.400. The topological polar surface area (TPSA) is 79.3 Å². The highest BCUT2D eigenvalue weighted by Crippen LogP contribution is 2.30. The summed E-state index contributed by atoms with van der Waals surface area (Å²) in [5, 5.41) is 18.1. The summed E-state index contributed by atoms with van der Waals surface area (Å²) >= 11 is 0. The maximum Gasteiger partial charge on any atom is 0.137 e. The lowest BCUT2D eigenvalue weighted by Gasteiger charge is -2.12. The van der Waals surface area contributed by atoms with Crippen LogP contribution in [0.4, 0.5) is 0 Å². The molecule has 0 aliphatic heterocycles. The van der Waals surface area contributed by atoms with Crippen molar-refractivity contribution in [2.45, 2.75) is 13.0 Å². The van der Waals surface area contributed by atoms with Crippen LogP contribution in [0.3, 0.4) is 0 Å². The molecule has 14 heavy (non-hydrogen) atoms. The standard InChI is InChI=1S/C10H12N2O2/c1-6(12)8-3-7(5-11)9(13)4-10(8)14-2/h3-4,6,13H,12H2,1-2H3. The summed E-state index contributed by atoms with van der Waals surface area (Å²) in [6, 6.07) is 4.58. The van der Waals surface area contributed by atoms with Crippen molar-refractivity contribution in [1.82, 2.24) is 0 Å². The van der Waals surface area contributed by atoms with Gasteiger partial charge in [0.05, 0.1) is 12.7 Å². The van der Waals surface area contributed by atoms with Gasteiger partial charge in [0.15, 0.2) is 0 Å². The van der Waals surface area contributed by atoms with Gasteiger partial charge in [-0.1, -0.05) is 0 Å². The number of nitriles is 1. The number of nitrogens with zero attached hydrogens (tertiary/aromatic N) is 1. The van der Waals surface area contributed by atoms with E-state index in [4.69, 9.17) is 15.7 Å². The average molecular weight is 192 g/mol. The van der Waals surface area contributed by atoms with E-state index in [1.807, 2.05) is 6.07 Å². The first-order valence-electron chi connectivity index (χ1n) is 4.16. The first-order valence-corrected chi connectivity index (χ1v) is 4.16. The van der Waals surface area contributed by atoms with Gasteiger partial charge in [0.2, 0.25) is 0 Å². The second-order valence-electron chi connectivity index (χ2n) is 3.01. The maximum atomic E-state index is 9.39. The molecule has 74 valence electrons. The second kappa shape index (κ2) is 3.99. The van der Waals surface area contributed by atoms with E-state index in [1.54, 1.807) is 13.0 Å². The van der Waals surface area contributed by atoms with Crippen molar-refractivity contribution in [2.75, 3.05) is 7.11 Å². The van der Waals surface area contributed by atoms with Crippen LogP contribution >= 0.6 is 0 Å². The number of benzene rings is 1. The molecule has 4 nitrogen and oxygen atoms in total. The second-order valence-corrected chi connectivity index (χ2v) is 3.01.